The van der Waals surface area contributed by atoms with Crippen LogP contribution < -0.4 is 15.0 Å². The lowest BCUT2D eigenvalue weighted by molar-refractivity contribution is -0.138. The number of hydrogen-bond acceptors (Lipinski definition) is 9. The molecule has 4 fully saturated rings. The first kappa shape index (κ1) is 39.5. The van der Waals surface area contributed by atoms with Crippen LogP contribution in [0.3, 0.4) is 0 Å². The van der Waals surface area contributed by atoms with E-state index in [1.807, 2.05) is 36.1 Å². The molecule has 0 saturated carbocycles. The maximum Gasteiger partial charge on any atom is 0.260 e. The van der Waals surface area contributed by atoms with E-state index in [4.69, 9.17) is 4.74 Å². The summed E-state index contributed by atoms with van der Waals surface area (Å²) in [7, 11) is 4.31. The lowest BCUT2D eigenvalue weighted by Gasteiger charge is -2.39. The van der Waals surface area contributed by atoms with Crippen LogP contribution in [-0.4, -0.2) is 134 Å². The molecule has 3 amide bonds. The number of benzene rings is 3. The van der Waals surface area contributed by atoms with E-state index in [0.717, 1.165) is 94.0 Å². The van der Waals surface area contributed by atoms with Crippen LogP contribution in [0.15, 0.2) is 60.7 Å². The van der Waals surface area contributed by atoms with Gasteiger partial charge in [0, 0.05) is 114 Å². The minimum atomic E-state index is -0.329. The molecule has 0 aliphatic carbocycles. The van der Waals surface area contributed by atoms with Crippen molar-refractivity contribution in [2.45, 2.75) is 70.2 Å². The van der Waals surface area contributed by atoms with Crippen molar-refractivity contribution in [2.24, 2.45) is 5.92 Å². The molecule has 1 N–H and O–H groups in total. The fourth-order valence-electron chi connectivity index (χ4n) is 9.82. The van der Waals surface area contributed by atoms with E-state index >= 15 is 0 Å². The van der Waals surface area contributed by atoms with Gasteiger partial charge in [-0.1, -0.05) is 36.4 Å². The molecule has 11 nitrogen and oxygen atoms in total. The molecule has 4 saturated heterocycles. The number of carbonyl (C=O) groups is 3. The molecule has 5 aliphatic rings. The molecule has 304 valence electrons. The second-order valence-electron chi connectivity index (χ2n) is 17.1. The van der Waals surface area contributed by atoms with Crippen molar-refractivity contribution in [3.05, 3.63) is 94.3 Å². The number of piperidine rings is 2. The Morgan fingerprint density at radius 2 is 1.63 bits per heavy atom. The van der Waals surface area contributed by atoms with Gasteiger partial charge in [-0.05, 0) is 87.2 Å². The highest BCUT2D eigenvalue weighted by Crippen LogP contribution is 2.35. The highest BCUT2D eigenvalue weighted by Gasteiger charge is 2.37. The molecule has 3 aromatic carbocycles. The molecule has 5 heterocycles. The SMILES string of the molecule is Cc1cccc(F)c1CN1C[C@H](c2ccc(N3CCN(CC4CCN(C(=O)COc5cccc6c5CN(C5CCC(=O)NC5=O)C6)CC4)CC3)cc2)[C@@H](N(C)C)C1. The third kappa shape index (κ3) is 8.89. The number of amides is 3. The molecule has 0 bridgehead atoms. The lowest BCUT2D eigenvalue weighted by Crippen LogP contribution is -2.50. The summed E-state index contributed by atoms with van der Waals surface area (Å²) in [5.41, 5.74) is 6.57. The summed E-state index contributed by atoms with van der Waals surface area (Å²) in [6.45, 7) is 12.3. The van der Waals surface area contributed by atoms with Crippen molar-refractivity contribution < 1.29 is 23.5 Å². The van der Waals surface area contributed by atoms with E-state index in [1.165, 1.54) is 11.3 Å². The van der Waals surface area contributed by atoms with E-state index in [0.29, 0.717) is 56.1 Å². The maximum atomic E-state index is 14.7. The normalized spacial score (nSPS) is 24.0. The number of ether oxygens (including phenoxy) is 1. The first-order valence-corrected chi connectivity index (χ1v) is 20.9. The third-order valence-electron chi connectivity index (χ3n) is 13.3. The Morgan fingerprint density at radius 1 is 0.877 bits per heavy atom. The number of hydrogen-bond donors (Lipinski definition) is 1. The van der Waals surface area contributed by atoms with Crippen LogP contribution in [0.25, 0.3) is 0 Å². The average Bonchev–Trinajstić information content (AvgIpc) is 3.85. The summed E-state index contributed by atoms with van der Waals surface area (Å²) in [6, 6.07) is 20.5. The number of rotatable bonds is 11. The van der Waals surface area contributed by atoms with Gasteiger partial charge in [0.2, 0.25) is 11.8 Å². The smallest absolute Gasteiger partial charge is 0.260 e. The molecular weight excluding hydrogens is 722 g/mol. The number of likely N-dealkylation sites (N-methyl/N-ethyl adjacent to an activating group) is 1. The van der Waals surface area contributed by atoms with Crippen molar-refractivity contribution in [2.75, 3.05) is 84.5 Å². The number of anilines is 1. The number of halogens is 1. The number of piperazine rings is 1. The Balaban J connectivity index is 0.764. The van der Waals surface area contributed by atoms with Crippen molar-refractivity contribution >= 4 is 23.4 Å². The molecule has 1 unspecified atom stereocenters. The first-order chi connectivity index (χ1) is 27.6. The van der Waals surface area contributed by atoms with Crippen molar-refractivity contribution in [1.82, 2.24) is 29.8 Å². The summed E-state index contributed by atoms with van der Waals surface area (Å²) < 4.78 is 20.8. The molecule has 0 radical (unpaired) electrons. The third-order valence-corrected chi connectivity index (χ3v) is 13.3. The van der Waals surface area contributed by atoms with Crippen LogP contribution in [0, 0.1) is 18.7 Å². The molecular formula is C45H58FN7O4. The number of carbonyl (C=O) groups excluding carboxylic acids is 3. The minimum Gasteiger partial charge on any atom is -0.483 e. The van der Waals surface area contributed by atoms with Gasteiger partial charge >= 0.3 is 0 Å². The summed E-state index contributed by atoms with van der Waals surface area (Å²) in [5.74, 6) is 1.12. The van der Waals surface area contributed by atoms with Gasteiger partial charge in [0.1, 0.15) is 11.6 Å². The summed E-state index contributed by atoms with van der Waals surface area (Å²) in [6.07, 6.45) is 2.88. The minimum absolute atomic E-state index is 0.00696. The van der Waals surface area contributed by atoms with Crippen LogP contribution in [0.2, 0.25) is 0 Å². The second kappa shape index (κ2) is 17.2. The molecule has 12 heteroatoms. The van der Waals surface area contributed by atoms with Crippen LogP contribution >= 0.6 is 0 Å². The van der Waals surface area contributed by atoms with Crippen LogP contribution in [0.5, 0.6) is 5.75 Å². The summed E-state index contributed by atoms with van der Waals surface area (Å²) in [4.78, 5) is 51.2. The zero-order chi connectivity index (χ0) is 39.6. The van der Waals surface area contributed by atoms with E-state index in [-0.39, 0.29) is 36.2 Å². The zero-order valence-electron chi connectivity index (χ0n) is 33.8. The van der Waals surface area contributed by atoms with Gasteiger partial charge in [0.25, 0.3) is 5.91 Å². The van der Waals surface area contributed by atoms with Crippen LogP contribution in [0.4, 0.5) is 10.1 Å². The van der Waals surface area contributed by atoms with E-state index in [1.54, 1.807) is 12.1 Å². The molecule has 8 rings (SSSR count). The van der Waals surface area contributed by atoms with E-state index in [9.17, 15) is 18.8 Å². The number of nitrogens with zero attached hydrogens (tertiary/aromatic N) is 6. The fraction of sp³-hybridized carbons (Fsp3) is 0.533. The Bertz CT molecular complexity index is 1900. The van der Waals surface area contributed by atoms with Crippen molar-refractivity contribution in [1.29, 1.82) is 0 Å². The second-order valence-corrected chi connectivity index (χ2v) is 17.1. The van der Waals surface area contributed by atoms with Crippen LogP contribution in [-0.2, 0) is 34.0 Å². The Kier molecular flexibility index (Phi) is 11.9. The number of aryl methyl sites for hydroxylation is 1. The monoisotopic (exact) mass is 779 g/mol. The molecule has 0 spiro atoms. The fourth-order valence-corrected chi connectivity index (χ4v) is 9.82. The number of imide groups is 1. The van der Waals surface area contributed by atoms with Crippen molar-refractivity contribution in [3.8, 4) is 5.75 Å². The Hall–Kier alpha value is -4.36. The molecule has 5 aliphatic heterocycles. The predicted octanol–water partition coefficient (Wildman–Crippen LogP) is 4.22. The molecule has 3 aromatic rings. The van der Waals surface area contributed by atoms with Gasteiger partial charge < -0.3 is 19.4 Å². The van der Waals surface area contributed by atoms with E-state index < -0.39 is 0 Å². The van der Waals surface area contributed by atoms with Gasteiger partial charge in [-0.15, -0.1) is 0 Å². The summed E-state index contributed by atoms with van der Waals surface area (Å²) >= 11 is 0. The Labute approximate surface area is 336 Å². The predicted molar refractivity (Wildman–Crippen MR) is 218 cm³/mol. The van der Waals surface area contributed by atoms with Gasteiger partial charge in [-0.25, -0.2) is 4.39 Å². The molecule has 0 aromatic heterocycles. The van der Waals surface area contributed by atoms with Gasteiger partial charge in [-0.3, -0.25) is 34.4 Å². The highest BCUT2D eigenvalue weighted by atomic mass is 19.1. The average molecular weight is 780 g/mol. The number of nitrogens with one attached hydrogen (secondary N) is 1. The Morgan fingerprint density at radius 3 is 2.35 bits per heavy atom. The standard InChI is InChI=1S/C45H58FN7O4/c1-31-6-4-8-39(46)36(31)26-50-27-37(41(29-50)48(2)3)33-10-12-35(13-11-33)51-22-20-49(21-23-51)24-32-16-18-52(19-17-32)44(55)30-57-42-9-5-7-34-25-53(28-38(34)42)40-14-15-43(54)47-45(40)56/h4-13,32,37,40-41H,14-30H2,1-3H3,(H,47,54,56)/t37-,40?,41+/m1/s1. The van der Waals surface area contributed by atoms with Crippen LogP contribution in [0.1, 0.15) is 59.4 Å². The zero-order valence-corrected chi connectivity index (χ0v) is 33.8. The van der Waals surface area contributed by atoms with Crippen molar-refractivity contribution in [3.63, 3.8) is 0 Å². The largest absolute Gasteiger partial charge is 0.483 e. The van der Waals surface area contributed by atoms with E-state index in [2.05, 4.69) is 68.2 Å². The quantitative estimate of drug-likeness (QED) is 0.288. The topological polar surface area (TPSA) is 91.9 Å². The number of likely N-dealkylation sites (tertiary alicyclic amines) is 2. The summed E-state index contributed by atoms with van der Waals surface area (Å²) in [5, 5.41) is 2.46. The lowest BCUT2D eigenvalue weighted by atomic mass is 9.93. The first-order valence-electron chi connectivity index (χ1n) is 20.9. The molecule has 3 atom stereocenters. The van der Waals surface area contributed by atoms with Gasteiger partial charge in [0.15, 0.2) is 6.61 Å². The maximum absolute atomic E-state index is 14.7. The highest BCUT2D eigenvalue weighted by molar-refractivity contribution is 6.00. The molecule has 57 heavy (non-hydrogen) atoms. The van der Waals surface area contributed by atoms with Gasteiger partial charge in [0.05, 0.1) is 6.04 Å². The van der Waals surface area contributed by atoms with Gasteiger partial charge in [-0.2, -0.15) is 0 Å². The number of fused-ring (bicyclic) bond motifs is 1.